The molecule has 106 valence electrons. The van der Waals surface area contributed by atoms with Gasteiger partial charge in [0.15, 0.2) is 0 Å². The van der Waals surface area contributed by atoms with E-state index in [2.05, 4.69) is 0 Å². The highest BCUT2D eigenvalue weighted by Gasteiger charge is 2.20. The van der Waals surface area contributed by atoms with Gasteiger partial charge in [0.05, 0.1) is 4.90 Å². The molecule has 2 aromatic carbocycles. The van der Waals surface area contributed by atoms with Crippen LogP contribution in [0, 0.1) is 11.3 Å². The second-order valence-corrected chi connectivity index (χ2v) is 6.52. The summed E-state index contributed by atoms with van der Waals surface area (Å²) in [7, 11) is -3.90. The third-order valence-electron chi connectivity index (χ3n) is 2.71. The minimum Gasteiger partial charge on any atom is -0.508 e. The van der Waals surface area contributed by atoms with Gasteiger partial charge >= 0.3 is 0 Å². The summed E-state index contributed by atoms with van der Waals surface area (Å²) in [5.74, 6) is 0.0613. The van der Waals surface area contributed by atoms with Gasteiger partial charge in [-0.1, -0.05) is 23.7 Å². The first-order chi connectivity index (χ1) is 9.93. The molecule has 1 N–H and O–H groups in total. The van der Waals surface area contributed by atoms with Crippen LogP contribution in [0.15, 0.2) is 58.3 Å². The lowest BCUT2D eigenvalue weighted by Gasteiger charge is -2.03. The fourth-order valence-electron chi connectivity index (χ4n) is 1.63. The number of allylic oxidation sites excluding steroid dienone is 1. The second-order valence-electron chi connectivity index (χ2n) is 4.17. The zero-order chi connectivity index (χ0) is 15.5. The molecule has 0 saturated heterocycles. The molecule has 0 atom stereocenters. The Morgan fingerprint density at radius 2 is 1.67 bits per heavy atom. The number of nitrogens with zero attached hydrogens (tertiary/aromatic N) is 1. The van der Waals surface area contributed by atoms with E-state index in [9.17, 15) is 13.5 Å². The number of rotatable bonds is 3. The van der Waals surface area contributed by atoms with Crippen LogP contribution in [0.1, 0.15) is 5.56 Å². The number of nitriles is 1. The van der Waals surface area contributed by atoms with E-state index in [0.717, 1.165) is 0 Å². The summed E-state index contributed by atoms with van der Waals surface area (Å²) in [5, 5.41) is 18.7. The number of benzene rings is 2. The molecule has 0 unspecified atom stereocenters. The summed E-state index contributed by atoms with van der Waals surface area (Å²) in [6.45, 7) is 0. The Morgan fingerprint density at radius 1 is 1.10 bits per heavy atom. The van der Waals surface area contributed by atoms with Crippen molar-refractivity contribution in [3.63, 3.8) is 0 Å². The second kappa shape index (κ2) is 6.00. The maximum absolute atomic E-state index is 12.4. The van der Waals surface area contributed by atoms with Gasteiger partial charge in [-0.15, -0.1) is 0 Å². The van der Waals surface area contributed by atoms with Crippen LogP contribution in [-0.2, 0) is 9.84 Å². The predicted molar refractivity (Wildman–Crippen MR) is 80.3 cm³/mol. The van der Waals surface area contributed by atoms with Gasteiger partial charge in [-0.2, -0.15) is 5.26 Å². The van der Waals surface area contributed by atoms with Crippen molar-refractivity contribution in [2.45, 2.75) is 4.90 Å². The van der Waals surface area contributed by atoms with E-state index in [1.807, 2.05) is 0 Å². The average Bonchev–Trinajstić information content (AvgIpc) is 2.47. The summed E-state index contributed by atoms with van der Waals surface area (Å²) in [4.78, 5) is -0.381. The van der Waals surface area contributed by atoms with Crippen LogP contribution < -0.4 is 0 Å². The first-order valence-electron chi connectivity index (χ1n) is 5.85. The van der Waals surface area contributed by atoms with Crippen molar-refractivity contribution in [2.24, 2.45) is 0 Å². The Morgan fingerprint density at radius 3 is 2.19 bits per heavy atom. The maximum Gasteiger partial charge on any atom is 0.216 e. The molecule has 0 aliphatic heterocycles. The zero-order valence-electron chi connectivity index (χ0n) is 10.7. The summed E-state index contributed by atoms with van der Waals surface area (Å²) in [5.41, 5.74) is 0.502. The first-order valence-corrected chi connectivity index (χ1v) is 7.71. The highest BCUT2D eigenvalue weighted by Crippen LogP contribution is 2.23. The standard InChI is InChI=1S/C15H10ClNO3S/c16-12-3-7-14(8-4-12)21(19,20)15(10-17)9-11-1-5-13(18)6-2-11/h1-9,18H. The van der Waals surface area contributed by atoms with E-state index in [4.69, 9.17) is 16.9 Å². The highest BCUT2D eigenvalue weighted by molar-refractivity contribution is 7.95. The summed E-state index contributed by atoms with van der Waals surface area (Å²) < 4.78 is 24.7. The van der Waals surface area contributed by atoms with Crippen LogP contribution in [0.3, 0.4) is 0 Å². The van der Waals surface area contributed by atoms with Crippen molar-refractivity contribution in [1.82, 2.24) is 0 Å². The van der Waals surface area contributed by atoms with Gasteiger partial charge in [0.25, 0.3) is 0 Å². The van der Waals surface area contributed by atoms with Gasteiger partial charge in [-0.3, -0.25) is 0 Å². The topological polar surface area (TPSA) is 78.2 Å². The van der Waals surface area contributed by atoms with E-state index in [1.165, 1.54) is 54.6 Å². The molecule has 0 heterocycles. The molecule has 0 aliphatic rings. The monoisotopic (exact) mass is 319 g/mol. The number of hydrogen-bond donors (Lipinski definition) is 1. The predicted octanol–water partition coefficient (Wildman–Crippen LogP) is 3.38. The van der Waals surface area contributed by atoms with Crippen LogP contribution in [0.4, 0.5) is 0 Å². The summed E-state index contributed by atoms with van der Waals surface area (Å²) in [6.07, 6.45) is 1.25. The van der Waals surface area contributed by atoms with Crippen molar-refractivity contribution in [3.05, 3.63) is 64.0 Å². The zero-order valence-corrected chi connectivity index (χ0v) is 12.3. The number of phenolic OH excluding ortho intramolecular Hbond substituents is 1. The molecular formula is C15H10ClNO3S. The van der Waals surface area contributed by atoms with Crippen LogP contribution >= 0.6 is 11.6 Å². The first kappa shape index (κ1) is 15.1. The van der Waals surface area contributed by atoms with Crippen LogP contribution in [-0.4, -0.2) is 13.5 Å². The maximum atomic E-state index is 12.4. The minimum atomic E-state index is -3.90. The van der Waals surface area contributed by atoms with Crippen LogP contribution in [0.2, 0.25) is 5.02 Å². The third-order valence-corrected chi connectivity index (χ3v) is 4.65. The molecule has 0 aliphatic carbocycles. The van der Waals surface area contributed by atoms with Crippen molar-refractivity contribution in [1.29, 1.82) is 5.26 Å². The lowest BCUT2D eigenvalue weighted by atomic mass is 10.2. The number of phenols is 1. The third kappa shape index (κ3) is 3.43. The summed E-state index contributed by atoms with van der Waals surface area (Å²) >= 11 is 5.72. The largest absolute Gasteiger partial charge is 0.508 e. The molecule has 21 heavy (non-hydrogen) atoms. The number of hydrogen-bond acceptors (Lipinski definition) is 4. The smallest absolute Gasteiger partial charge is 0.216 e. The van der Waals surface area contributed by atoms with Crippen LogP contribution in [0.5, 0.6) is 5.75 Å². The van der Waals surface area contributed by atoms with E-state index in [-0.39, 0.29) is 15.6 Å². The molecule has 2 aromatic rings. The molecule has 0 spiro atoms. The fourth-order valence-corrected chi connectivity index (χ4v) is 2.92. The summed E-state index contributed by atoms with van der Waals surface area (Å²) in [6, 6.07) is 13.1. The van der Waals surface area contributed by atoms with Crippen molar-refractivity contribution in [2.75, 3.05) is 0 Å². The van der Waals surface area contributed by atoms with E-state index < -0.39 is 9.84 Å². The number of halogens is 1. The molecule has 2 rings (SSSR count). The van der Waals surface area contributed by atoms with Crippen molar-refractivity contribution in [3.8, 4) is 11.8 Å². The molecule has 0 amide bonds. The van der Waals surface area contributed by atoms with Gasteiger partial charge in [0.1, 0.15) is 16.7 Å². The quantitative estimate of drug-likeness (QED) is 0.880. The Hall–Kier alpha value is -2.29. The normalized spacial score (nSPS) is 11.9. The van der Waals surface area contributed by atoms with Crippen LogP contribution in [0.25, 0.3) is 6.08 Å². The molecule has 0 saturated carbocycles. The number of sulfone groups is 1. The SMILES string of the molecule is N#CC(=Cc1ccc(O)cc1)S(=O)(=O)c1ccc(Cl)cc1. The molecule has 0 aromatic heterocycles. The molecule has 0 bridgehead atoms. The minimum absolute atomic E-state index is 0.00141. The Balaban J connectivity index is 2.47. The Labute approximate surface area is 127 Å². The van der Waals surface area contributed by atoms with Gasteiger partial charge in [-0.25, -0.2) is 8.42 Å². The molecule has 6 heteroatoms. The van der Waals surface area contributed by atoms with Crippen molar-refractivity contribution < 1.29 is 13.5 Å². The molecule has 4 nitrogen and oxygen atoms in total. The van der Waals surface area contributed by atoms with Gasteiger partial charge < -0.3 is 5.11 Å². The lowest BCUT2D eigenvalue weighted by Crippen LogP contribution is -2.03. The Kier molecular flexibility index (Phi) is 4.32. The molecule has 0 radical (unpaired) electrons. The van der Waals surface area contributed by atoms with Gasteiger partial charge in [-0.05, 0) is 48.0 Å². The lowest BCUT2D eigenvalue weighted by molar-refractivity contribution is 0.475. The van der Waals surface area contributed by atoms with E-state index >= 15 is 0 Å². The molecular weight excluding hydrogens is 310 g/mol. The Bertz CT molecular complexity index is 817. The van der Waals surface area contributed by atoms with E-state index in [1.54, 1.807) is 6.07 Å². The number of aromatic hydroxyl groups is 1. The highest BCUT2D eigenvalue weighted by atomic mass is 35.5. The molecule has 0 fully saturated rings. The van der Waals surface area contributed by atoms with Crippen molar-refractivity contribution >= 4 is 27.5 Å². The van der Waals surface area contributed by atoms with Gasteiger partial charge in [0.2, 0.25) is 9.84 Å². The van der Waals surface area contributed by atoms with Gasteiger partial charge in [0, 0.05) is 5.02 Å². The fraction of sp³-hybridized carbons (Fsp3) is 0. The average molecular weight is 320 g/mol. The van der Waals surface area contributed by atoms with E-state index in [0.29, 0.717) is 10.6 Å².